The van der Waals surface area contributed by atoms with Gasteiger partial charge in [0.25, 0.3) is 0 Å². The van der Waals surface area contributed by atoms with Gasteiger partial charge in [-0.1, -0.05) is 0 Å². The summed E-state index contributed by atoms with van der Waals surface area (Å²) in [5, 5.41) is 3.82. The third-order valence-corrected chi connectivity index (χ3v) is 99.8. The summed E-state index contributed by atoms with van der Waals surface area (Å²) in [6, 6.07) is 34.6. The maximum absolute atomic E-state index is 3.97. The number of hydrogen-bond donors (Lipinski definition) is 0. The maximum atomic E-state index is 3.22. The van der Waals surface area contributed by atoms with E-state index in [1.165, 1.54) is 0 Å². The van der Waals surface area contributed by atoms with Crippen LogP contribution in [0.15, 0.2) is 72.8 Å². The fraction of sp³-hybridized carbons (Fsp3) is 0.643. The monoisotopic (exact) mass is 1650 g/mol. The van der Waals surface area contributed by atoms with Crippen LogP contribution in [0.3, 0.4) is 0 Å². The molecule has 0 aromatic heterocycles. The van der Waals surface area contributed by atoms with Crippen molar-refractivity contribution in [2.45, 2.75) is 346 Å². The Kier molecular flexibility index (Phi) is 23.8. The van der Waals surface area contributed by atoms with Gasteiger partial charge in [-0.3, -0.25) is 0 Å². The molecule has 2 aliphatic rings. The normalized spacial score (nSPS) is 16.2. The van der Waals surface area contributed by atoms with Crippen molar-refractivity contribution in [2.24, 2.45) is 0 Å². The molecule has 0 saturated carbocycles. The van der Waals surface area contributed by atoms with Crippen LogP contribution in [0, 0.1) is 0 Å². The van der Waals surface area contributed by atoms with Crippen LogP contribution in [-0.2, 0) is 0 Å². The molecule has 0 saturated heterocycles. The predicted octanol–water partition coefficient (Wildman–Crippen LogP) is 22.6. The van der Waals surface area contributed by atoms with Crippen LogP contribution in [0.5, 0.6) is 0 Å². The van der Waals surface area contributed by atoms with Gasteiger partial charge in [0.05, 0.1) is 0 Å². The zero-order chi connectivity index (χ0) is 75.7. The second-order valence-corrected chi connectivity index (χ2v) is 129. The molecule has 98 heavy (non-hydrogen) atoms. The summed E-state index contributed by atoms with van der Waals surface area (Å²) >= 11 is -7.95. The van der Waals surface area contributed by atoms with Crippen molar-refractivity contribution in [3.8, 4) is 0 Å². The molecule has 0 fully saturated rings. The minimum atomic E-state index is -3.97. The molecular formula is C84H154Ge2Si12. The summed E-state index contributed by atoms with van der Waals surface area (Å²) in [6.45, 7) is 122. The van der Waals surface area contributed by atoms with Gasteiger partial charge >= 0.3 is 633 Å². The first kappa shape index (κ1) is 85.0. The quantitative estimate of drug-likeness (QED) is 0.0474. The molecule has 0 atom stereocenters. The molecule has 7 rings (SSSR count). The predicted molar refractivity (Wildman–Crippen MR) is 494 cm³/mol. The van der Waals surface area contributed by atoms with E-state index >= 15 is 0 Å². The average molecular weight is 1650 g/mol. The summed E-state index contributed by atoms with van der Waals surface area (Å²) in [5.74, 6) is 1.66. The molecule has 5 aromatic rings. The third-order valence-electron chi connectivity index (χ3n) is 23.6. The van der Waals surface area contributed by atoms with E-state index in [-0.39, 0.29) is 0 Å². The van der Waals surface area contributed by atoms with Gasteiger partial charge in [-0.2, -0.15) is 0 Å². The molecule has 0 amide bonds. The van der Waals surface area contributed by atoms with Gasteiger partial charge in [0.15, 0.2) is 0 Å². The van der Waals surface area contributed by atoms with E-state index in [9.17, 15) is 0 Å². The fourth-order valence-corrected chi connectivity index (χ4v) is 131. The minimum absolute atomic E-state index is 0.414. The van der Waals surface area contributed by atoms with Crippen LogP contribution in [0.25, 0.3) is 0 Å². The SMILES string of the molecule is CC(C)c1cccc(C(C)C)[c]1[Ge]1([c]2c(C([Si](C)(C)C)[Si](C)(C)C)cc(C([Si](C)(C)C)[Si](C)(C)C)cc2C([Si](C)(C)C)[Si](C)(C)C)[c]2c[c]3[c](c[c]21)[Ge]3([c]1c(C(C)C)cccc1C(C)C)[c]1c(C([Si](C)(C)C)[Si](C)(C)C)cc(C([Si](C)(C)C)[Si](C)(C)C)cc1C([Si](C)(C)C)[Si](C)(C)C. The number of benzene rings is 5. The summed E-state index contributed by atoms with van der Waals surface area (Å²) in [5.41, 5.74) is 17.9. The van der Waals surface area contributed by atoms with Crippen molar-refractivity contribution in [1.82, 2.24) is 0 Å². The van der Waals surface area contributed by atoms with Gasteiger partial charge in [0, 0.05) is 0 Å². The summed E-state index contributed by atoms with van der Waals surface area (Å²) < 4.78 is 15.4. The van der Waals surface area contributed by atoms with Crippen LogP contribution in [-0.4, -0.2) is 123 Å². The first-order valence-corrected chi connectivity index (χ1v) is 90.7. The second kappa shape index (κ2) is 27.5. The van der Waals surface area contributed by atoms with Crippen molar-refractivity contribution in [1.29, 1.82) is 0 Å². The molecule has 0 aliphatic carbocycles. The van der Waals surface area contributed by atoms with Gasteiger partial charge in [-0.25, -0.2) is 0 Å². The van der Waals surface area contributed by atoms with Crippen LogP contribution in [0.2, 0.25) is 236 Å². The second-order valence-electron chi connectivity index (χ2n) is 46.8. The van der Waals surface area contributed by atoms with Gasteiger partial charge < -0.3 is 0 Å². The van der Waals surface area contributed by atoms with Crippen molar-refractivity contribution >= 4 is 159 Å². The molecule has 0 N–H and O–H groups in total. The van der Waals surface area contributed by atoms with E-state index < -0.39 is 123 Å². The van der Waals surface area contributed by atoms with E-state index in [2.05, 4.69) is 364 Å². The van der Waals surface area contributed by atoms with Crippen LogP contribution in [0.1, 0.15) is 166 Å². The molecule has 0 nitrogen and oxygen atoms in total. The van der Waals surface area contributed by atoms with Crippen molar-refractivity contribution in [3.63, 3.8) is 0 Å². The zero-order valence-electron chi connectivity index (χ0n) is 72.7. The van der Waals surface area contributed by atoms with Crippen molar-refractivity contribution in [3.05, 3.63) is 128 Å². The van der Waals surface area contributed by atoms with Gasteiger partial charge in [0.2, 0.25) is 0 Å². The first-order chi connectivity index (χ1) is 43.6. The molecule has 546 valence electrons. The Morgan fingerprint density at radius 1 is 0.194 bits per heavy atom. The number of rotatable bonds is 26. The molecule has 5 aromatic carbocycles. The number of fused-ring (bicyclic) bond motifs is 2. The van der Waals surface area contributed by atoms with Gasteiger partial charge in [0.1, 0.15) is 0 Å². The fourth-order valence-electron chi connectivity index (χ4n) is 24.0. The Hall–Kier alpha value is -0.212. The Morgan fingerprint density at radius 3 is 0.469 bits per heavy atom. The van der Waals surface area contributed by atoms with E-state index in [0.717, 1.165) is 0 Å². The standard InChI is InChI=1S/C84H154Ge2Si12/c1-57(2)63-47-45-48-64(58(3)4)75(63)85(77-67(81(91(21,22)23)92(24,25)26)51-61(79(87(9,10)11)88(12,13)14)52-68(77)82(93(27,28)29)94(30,31)32)71-55-73-74(56-72(71)85)86(73,76-65(59(5)6)49-46-50-66(76)60(7)8)78-69(83(95(33,34)35)96(36,37)38)53-62(80(89(15,16)17)90(18,19)20)54-70(78)84(97(39,40)41)98(42,43)44/h45-60,79-84H,1-44H3. The molecule has 0 spiro atoms. The van der Waals surface area contributed by atoms with Gasteiger partial charge in [-0.15, -0.1) is 0 Å². The van der Waals surface area contributed by atoms with Crippen LogP contribution in [0.4, 0.5) is 0 Å². The summed E-state index contributed by atoms with van der Waals surface area (Å²) in [7, 11) is -22.5. The Labute approximate surface area is 626 Å². The van der Waals surface area contributed by atoms with E-state index in [1.54, 1.807) is 33.4 Å². The van der Waals surface area contributed by atoms with Gasteiger partial charge in [-0.05, 0) is 0 Å². The average Bonchev–Trinajstić information content (AvgIpc) is 1.45. The van der Waals surface area contributed by atoms with Crippen molar-refractivity contribution < 1.29 is 0 Å². The molecule has 2 heterocycles. The molecule has 0 unspecified atom stereocenters. The third kappa shape index (κ3) is 16.0. The molecule has 0 bridgehead atoms. The topological polar surface area (TPSA) is 0 Å². The van der Waals surface area contributed by atoms with E-state index in [4.69, 9.17) is 0 Å². The number of hydrogen-bond acceptors (Lipinski definition) is 0. The van der Waals surface area contributed by atoms with Crippen LogP contribution >= 0.6 is 0 Å². The Bertz CT molecular complexity index is 3250. The summed E-state index contributed by atoms with van der Waals surface area (Å²) in [4.78, 5) is 0. The molecule has 2 aliphatic heterocycles. The first-order valence-electron chi connectivity index (χ1n) is 39.4. The van der Waals surface area contributed by atoms with Crippen LogP contribution < -0.4 is 35.2 Å². The molecule has 14 heteroatoms. The zero-order valence-corrected chi connectivity index (χ0v) is 88.9. The Balaban J connectivity index is 1.98. The molecule has 0 radical (unpaired) electrons. The summed E-state index contributed by atoms with van der Waals surface area (Å²) in [6.07, 6.45) is 0. The Morgan fingerprint density at radius 2 is 0.337 bits per heavy atom. The van der Waals surface area contributed by atoms with E-state index in [1.807, 2.05) is 57.4 Å². The van der Waals surface area contributed by atoms with Crippen molar-refractivity contribution in [2.75, 3.05) is 0 Å². The van der Waals surface area contributed by atoms with E-state index in [0.29, 0.717) is 54.7 Å². The molecular weight excluding hydrogens is 1490 g/mol.